The number of hydrogen-bond acceptors (Lipinski definition) is 5. The lowest BCUT2D eigenvalue weighted by Crippen LogP contribution is -2.12. The zero-order valence-corrected chi connectivity index (χ0v) is 10.6. The smallest absolute Gasteiger partial charge is 0.311 e. The lowest BCUT2D eigenvalue weighted by atomic mass is 10.1. The van der Waals surface area contributed by atoms with Gasteiger partial charge >= 0.3 is 5.69 Å². The minimum absolute atomic E-state index is 0.105. The molecule has 1 aromatic carbocycles. The highest BCUT2D eigenvalue weighted by atomic mass is 16.6. The van der Waals surface area contributed by atoms with E-state index in [0.29, 0.717) is 5.69 Å². The summed E-state index contributed by atoms with van der Waals surface area (Å²) < 4.78 is 4.88. The van der Waals surface area contributed by atoms with Gasteiger partial charge < -0.3 is 10.1 Å². The Kier molecular flexibility index (Phi) is 3.90. The molecule has 0 aliphatic heterocycles. The standard InChI is InChI=1S/C13H11N3O4/c1-20-12-5-4-9(7-11(12)16(18)19)13(17)15-10-3-2-6-14-8-10/h2-8H,1H3,(H,15,17). The summed E-state index contributed by atoms with van der Waals surface area (Å²) in [6.07, 6.45) is 3.06. The first kappa shape index (κ1) is 13.5. The zero-order chi connectivity index (χ0) is 14.5. The van der Waals surface area contributed by atoms with Crippen molar-refractivity contribution < 1.29 is 14.5 Å². The number of amides is 1. The van der Waals surface area contributed by atoms with Gasteiger partial charge in [0.05, 0.1) is 23.9 Å². The van der Waals surface area contributed by atoms with Crippen LogP contribution in [0.2, 0.25) is 0 Å². The Morgan fingerprint density at radius 1 is 1.40 bits per heavy atom. The first-order chi connectivity index (χ1) is 9.61. The second kappa shape index (κ2) is 5.79. The fourth-order valence-electron chi connectivity index (χ4n) is 1.61. The van der Waals surface area contributed by atoms with E-state index in [0.717, 1.165) is 0 Å². The summed E-state index contributed by atoms with van der Waals surface area (Å²) >= 11 is 0. The number of anilines is 1. The molecule has 1 N–H and O–H groups in total. The third kappa shape index (κ3) is 2.89. The molecule has 2 rings (SSSR count). The number of ether oxygens (including phenoxy) is 1. The third-order valence-corrected chi connectivity index (χ3v) is 2.56. The van der Waals surface area contributed by atoms with Gasteiger partial charge in [-0.3, -0.25) is 19.9 Å². The molecule has 0 radical (unpaired) electrons. The van der Waals surface area contributed by atoms with Gasteiger partial charge in [-0.15, -0.1) is 0 Å². The second-order valence-electron chi connectivity index (χ2n) is 3.84. The Morgan fingerprint density at radius 3 is 2.80 bits per heavy atom. The third-order valence-electron chi connectivity index (χ3n) is 2.56. The number of hydrogen-bond donors (Lipinski definition) is 1. The molecule has 1 amide bonds. The first-order valence-electron chi connectivity index (χ1n) is 5.65. The van der Waals surface area contributed by atoms with Gasteiger partial charge in [0, 0.05) is 17.8 Å². The quantitative estimate of drug-likeness (QED) is 0.681. The molecule has 0 saturated carbocycles. The Labute approximate surface area is 114 Å². The molecule has 7 nitrogen and oxygen atoms in total. The number of nitrogens with one attached hydrogen (secondary N) is 1. The van der Waals surface area contributed by atoms with Crippen molar-refractivity contribution >= 4 is 17.3 Å². The number of carbonyl (C=O) groups is 1. The minimum Gasteiger partial charge on any atom is -0.490 e. The molecule has 2 aromatic rings. The predicted octanol–water partition coefficient (Wildman–Crippen LogP) is 2.25. The average Bonchev–Trinajstić information content (AvgIpc) is 2.47. The summed E-state index contributed by atoms with van der Waals surface area (Å²) in [5, 5.41) is 13.5. The van der Waals surface area contributed by atoms with Crippen LogP contribution in [0.1, 0.15) is 10.4 Å². The van der Waals surface area contributed by atoms with Gasteiger partial charge in [-0.1, -0.05) is 0 Å². The molecule has 0 spiro atoms. The van der Waals surface area contributed by atoms with Crippen LogP contribution in [0.4, 0.5) is 11.4 Å². The van der Waals surface area contributed by atoms with Gasteiger partial charge in [0.25, 0.3) is 5.91 Å². The van der Waals surface area contributed by atoms with Crippen LogP contribution in [0.3, 0.4) is 0 Å². The molecule has 0 aliphatic carbocycles. The fraction of sp³-hybridized carbons (Fsp3) is 0.0769. The molecule has 1 aromatic heterocycles. The van der Waals surface area contributed by atoms with Crippen molar-refractivity contribution in [1.82, 2.24) is 4.98 Å². The molecule has 20 heavy (non-hydrogen) atoms. The van der Waals surface area contributed by atoms with E-state index in [1.54, 1.807) is 18.3 Å². The highest BCUT2D eigenvalue weighted by Crippen LogP contribution is 2.27. The summed E-state index contributed by atoms with van der Waals surface area (Å²) in [7, 11) is 1.33. The SMILES string of the molecule is COc1ccc(C(=O)Nc2cccnc2)cc1[N+](=O)[O-]. The highest BCUT2D eigenvalue weighted by molar-refractivity contribution is 6.04. The van der Waals surface area contributed by atoms with Crippen LogP contribution in [-0.4, -0.2) is 22.9 Å². The van der Waals surface area contributed by atoms with Gasteiger partial charge in [-0.25, -0.2) is 0 Å². The van der Waals surface area contributed by atoms with E-state index >= 15 is 0 Å². The van der Waals surface area contributed by atoms with Crippen LogP contribution >= 0.6 is 0 Å². The van der Waals surface area contributed by atoms with Crippen molar-refractivity contribution in [1.29, 1.82) is 0 Å². The molecule has 0 unspecified atom stereocenters. The van der Waals surface area contributed by atoms with Gasteiger partial charge in [0.1, 0.15) is 0 Å². The molecule has 1 heterocycles. The monoisotopic (exact) mass is 273 g/mol. The topological polar surface area (TPSA) is 94.4 Å². The molecule has 102 valence electrons. The number of nitro groups is 1. The molecule has 0 bridgehead atoms. The van der Waals surface area contributed by atoms with E-state index < -0.39 is 10.8 Å². The summed E-state index contributed by atoms with van der Waals surface area (Å²) in [6.45, 7) is 0. The normalized spacial score (nSPS) is 9.85. The van der Waals surface area contributed by atoms with Crippen LogP contribution in [0.5, 0.6) is 5.75 Å². The van der Waals surface area contributed by atoms with Crippen LogP contribution in [0, 0.1) is 10.1 Å². The fourth-order valence-corrected chi connectivity index (χ4v) is 1.61. The Bertz CT molecular complexity index is 643. The molecule has 7 heteroatoms. The first-order valence-corrected chi connectivity index (χ1v) is 5.65. The number of pyridine rings is 1. The number of aromatic nitrogens is 1. The maximum atomic E-state index is 12.0. The lowest BCUT2D eigenvalue weighted by molar-refractivity contribution is -0.385. The highest BCUT2D eigenvalue weighted by Gasteiger charge is 2.18. The van der Waals surface area contributed by atoms with Gasteiger partial charge in [-0.05, 0) is 24.3 Å². The Balaban J connectivity index is 2.27. The number of nitro benzene ring substituents is 1. The molecular formula is C13H11N3O4. The van der Waals surface area contributed by atoms with E-state index in [1.165, 1.54) is 31.5 Å². The zero-order valence-electron chi connectivity index (χ0n) is 10.6. The maximum absolute atomic E-state index is 12.0. The number of nitrogens with zero attached hydrogens (tertiary/aromatic N) is 2. The summed E-state index contributed by atoms with van der Waals surface area (Å²) in [4.78, 5) is 26.1. The maximum Gasteiger partial charge on any atom is 0.311 e. The van der Waals surface area contributed by atoms with Crippen LogP contribution in [0.25, 0.3) is 0 Å². The van der Waals surface area contributed by atoms with Crippen molar-refractivity contribution in [2.45, 2.75) is 0 Å². The lowest BCUT2D eigenvalue weighted by Gasteiger charge is -2.06. The van der Waals surface area contributed by atoms with Crippen molar-refractivity contribution in [3.05, 3.63) is 58.4 Å². The molecule has 0 fully saturated rings. The summed E-state index contributed by atoms with van der Waals surface area (Å²) in [5.74, 6) is -0.350. The van der Waals surface area contributed by atoms with Crippen molar-refractivity contribution in [3.63, 3.8) is 0 Å². The van der Waals surface area contributed by atoms with E-state index in [2.05, 4.69) is 10.3 Å². The van der Waals surface area contributed by atoms with Gasteiger partial charge in [0.2, 0.25) is 0 Å². The second-order valence-corrected chi connectivity index (χ2v) is 3.84. The largest absolute Gasteiger partial charge is 0.490 e. The molecular weight excluding hydrogens is 262 g/mol. The summed E-state index contributed by atoms with van der Waals surface area (Å²) in [6, 6.07) is 7.35. The minimum atomic E-state index is -0.598. The number of carbonyl (C=O) groups excluding carboxylic acids is 1. The van der Waals surface area contributed by atoms with Gasteiger partial charge in [-0.2, -0.15) is 0 Å². The van der Waals surface area contributed by atoms with E-state index in [-0.39, 0.29) is 17.0 Å². The number of methoxy groups -OCH3 is 1. The number of benzene rings is 1. The number of rotatable bonds is 4. The van der Waals surface area contributed by atoms with Crippen LogP contribution in [-0.2, 0) is 0 Å². The van der Waals surface area contributed by atoms with Crippen LogP contribution < -0.4 is 10.1 Å². The van der Waals surface area contributed by atoms with Crippen molar-refractivity contribution in [2.75, 3.05) is 12.4 Å². The van der Waals surface area contributed by atoms with E-state index in [4.69, 9.17) is 4.74 Å². The molecule has 0 saturated heterocycles. The Morgan fingerprint density at radius 2 is 2.20 bits per heavy atom. The van der Waals surface area contributed by atoms with E-state index in [1.807, 2.05) is 0 Å². The molecule has 0 atom stereocenters. The summed E-state index contributed by atoms with van der Waals surface area (Å²) in [5.41, 5.74) is 0.420. The van der Waals surface area contributed by atoms with Crippen molar-refractivity contribution in [2.24, 2.45) is 0 Å². The van der Waals surface area contributed by atoms with E-state index in [9.17, 15) is 14.9 Å². The average molecular weight is 273 g/mol. The van der Waals surface area contributed by atoms with Gasteiger partial charge in [0.15, 0.2) is 5.75 Å². The molecule has 0 aliphatic rings. The predicted molar refractivity (Wildman–Crippen MR) is 71.8 cm³/mol. The van der Waals surface area contributed by atoms with Crippen LogP contribution in [0.15, 0.2) is 42.7 Å². The van der Waals surface area contributed by atoms with Crippen molar-refractivity contribution in [3.8, 4) is 5.75 Å². The Hall–Kier alpha value is -2.96.